The van der Waals surface area contributed by atoms with Crippen molar-refractivity contribution < 1.29 is 9.29 Å². The van der Waals surface area contributed by atoms with Gasteiger partial charge in [-0.3, -0.25) is 0 Å². The molecule has 0 saturated carbocycles. The third-order valence-electron chi connectivity index (χ3n) is 4.79. The Bertz CT molecular complexity index is 745. The second-order valence-corrected chi connectivity index (χ2v) is 7.19. The van der Waals surface area contributed by atoms with Gasteiger partial charge in [-0.1, -0.05) is 18.2 Å². The maximum atomic E-state index is 13.1. The summed E-state index contributed by atoms with van der Waals surface area (Å²) in [5.41, 5.74) is 4.74. The van der Waals surface area contributed by atoms with Gasteiger partial charge in [0.25, 0.3) is 0 Å². The maximum absolute atomic E-state index is 13.1. The number of nitrogens with one attached hydrogen (secondary N) is 2. The number of quaternary nitrogens is 1. The van der Waals surface area contributed by atoms with Crippen LogP contribution in [-0.2, 0) is 6.54 Å². The molecule has 0 amide bonds. The highest BCUT2D eigenvalue weighted by atomic mass is 32.1. The van der Waals surface area contributed by atoms with Gasteiger partial charge in [0.05, 0.1) is 6.54 Å². The standard InChI is InChI=1S/C20H24FN3S/c1-15-4-9-19(12-16(15)2)22-20(25)24-11-3-10-23(14-24)13-17-5-7-18(21)8-6-17/h4-9,12H,3,10-11,13-14H2,1-2H3,(H,22,25)/p+1. The molecule has 1 fully saturated rings. The Hall–Kier alpha value is -1.98. The fourth-order valence-electron chi connectivity index (χ4n) is 3.18. The summed E-state index contributed by atoms with van der Waals surface area (Å²) in [6.07, 6.45) is 1.10. The summed E-state index contributed by atoms with van der Waals surface area (Å²) in [5, 5.41) is 4.14. The maximum Gasteiger partial charge on any atom is 0.177 e. The van der Waals surface area contributed by atoms with E-state index in [0.29, 0.717) is 0 Å². The summed E-state index contributed by atoms with van der Waals surface area (Å²) in [7, 11) is 0. The predicted molar refractivity (Wildman–Crippen MR) is 104 cm³/mol. The van der Waals surface area contributed by atoms with E-state index in [1.165, 1.54) is 28.2 Å². The van der Waals surface area contributed by atoms with E-state index in [2.05, 4.69) is 42.3 Å². The lowest BCUT2D eigenvalue weighted by atomic mass is 10.1. The summed E-state index contributed by atoms with van der Waals surface area (Å²) >= 11 is 5.62. The van der Waals surface area contributed by atoms with Crippen LogP contribution in [0.2, 0.25) is 0 Å². The Morgan fingerprint density at radius 2 is 1.92 bits per heavy atom. The SMILES string of the molecule is Cc1ccc(NC(=S)N2CCC[NH+](Cc3ccc(F)cc3)C2)cc1C. The van der Waals surface area contributed by atoms with Crippen molar-refractivity contribution >= 4 is 23.0 Å². The number of aryl methyl sites for hydroxylation is 2. The minimum atomic E-state index is -0.183. The zero-order valence-electron chi connectivity index (χ0n) is 14.8. The molecule has 1 heterocycles. The highest BCUT2D eigenvalue weighted by molar-refractivity contribution is 7.80. The average molecular weight is 359 g/mol. The highest BCUT2D eigenvalue weighted by Crippen LogP contribution is 2.15. The van der Waals surface area contributed by atoms with Crippen LogP contribution in [0.25, 0.3) is 0 Å². The molecule has 1 saturated heterocycles. The average Bonchev–Trinajstić information content (AvgIpc) is 2.60. The van der Waals surface area contributed by atoms with Crippen molar-refractivity contribution in [1.82, 2.24) is 4.90 Å². The van der Waals surface area contributed by atoms with Crippen LogP contribution in [0.1, 0.15) is 23.1 Å². The van der Waals surface area contributed by atoms with Crippen molar-refractivity contribution in [3.63, 3.8) is 0 Å². The molecule has 2 aromatic carbocycles. The van der Waals surface area contributed by atoms with E-state index < -0.39 is 0 Å². The first-order chi connectivity index (χ1) is 12.0. The lowest BCUT2D eigenvalue weighted by Gasteiger charge is -2.34. The monoisotopic (exact) mass is 358 g/mol. The third-order valence-corrected chi connectivity index (χ3v) is 5.15. The van der Waals surface area contributed by atoms with E-state index in [9.17, 15) is 4.39 Å². The van der Waals surface area contributed by atoms with Gasteiger partial charge in [-0.2, -0.15) is 0 Å². The quantitative estimate of drug-likeness (QED) is 0.823. The highest BCUT2D eigenvalue weighted by Gasteiger charge is 2.22. The molecule has 0 aliphatic carbocycles. The number of anilines is 1. The molecule has 2 aromatic rings. The molecule has 1 atom stereocenters. The molecule has 0 aromatic heterocycles. The molecule has 3 nitrogen and oxygen atoms in total. The number of hydrogen-bond acceptors (Lipinski definition) is 1. The van der Waals surface area contributed by atoms with Crippen LogP contribution < -0.4 is 10.2 Å². The van der Waals surface area contributed by atoms with Crippen LogP contribution in [-0.4, -0.2) is 29.8 Å². The second-order valence-electron chi connectivity index (χ2n) is 6.81. The molecule has 3 rings (SSSR count). The first-order valence-corrected chi connectivity index (χ1v) is 9.13. The summed E-state index contributed by atoms with van der Waals surface area (Å²) in [6.45, 7) is 8.07. The molecule has 0 bridgehead atoms. The summed E-state index contributed by atoms with van der Waals surface area (Å²) < 4.78 is 13.1. The number of halogens is 1. The molecule has 25 heavy (non-hydrogen) atoms. The van der Waals surface area contributed by atoms with Gasteiger partial charge in [0.15, 0.2) is 11.8 Å². The van der Waals surface area contributed by atoms with E-state index in [1.807, 2.05) is 12.1 Å². The molecule has 1 aliphatic rings. The third kappa shape index (κ3) is 4.77. The first kappa shape index (κ1) is 17.8. The molecular weight excluding hydrogens is 333 g/mol. The number of hydrogen-bond donors (Lipinski definition) is 2. The van der Waals surface area contributed by atoms with Gasteiger partial charge in [-0.05, 0) is 61.5 Å². The van der Waals surface area contributed by atoms with Crippen molar-refractivity contribution in [1.29, 1.82) is 0 Å². The lowest BCUT2D eigenvalue weighted by molar-refractivity contribution is -0.927. The summed E-state index contributed by atoms with van der Waals surface area (Å²) in [4.78, 5) is 3.68. The largest absolute Gasteiger partial charge is 0.332 e. The fraction of sp³-hybridized carbons (Fsp3) is 0.350. The van der Waals surface area contributed by atoms with Gasteiger partial charge in [0.1, 0.15) is 12.4 Å². The first-order valence-electron chi connectivity index (χ1n) is 8.72. The number of benzene rings is 2. The Morgan fingerprint density at radius 3 is 2.64 bits per heavy atom. The van der Waals surface area contributed by atoms with Crippen LogP contribution in [0.15, 0.2) is 42.5 Å². The number of nitrogens with zero attached hydrogens (tertiary/aromatic N) is 1. The van der Waals surface area contributed by atoms with E-state index in [-0.39, 0.29) is 5.82 Å². The molecule has 5 heteroatoms. The summed E-state index contributed by atoms with van der Waals surface area (Å²) in [6, 6.07) is 13.1. The van der Waals surface area contributed by atoms with E-state index in [0.717, 1.165) is 49.1 Å². The minimum absolute atomic E-state index is 0.183. The molecule has 2 N–H and O–H groups in total. The Kier molecular flexibility index (Phi) is 5.66. The minimum Gasteiger partial charge on any atom is -0.332 e. The second kappa shape index (κ2) is 7.93. The Labute approximate surface area is 154 Å². The number of thiocarbonyl (C=S) groups is 1. The molecule has 1 unspecified atom stereocenters. The van der Waals surface area contributed by atoms with Crippen LogP contribution in [0.5, 0.6) is 0 Å². The van der Waals surface area contributed by atoms with Crippen molar-refractivity contribution in [3.8, 4) is 0 Å². The molecule has 0 spiro atoms. The Morgan fingerprint density at radius 1 is 1.16 bits per heavy atom. The lowest BCUT2D eigenvalue weighted by Crippen LogP contribution is -3.13. The van der Waals surface area contributed by atoms with E-state index >= 15 is 0 Å². The molecular formula is C20H25FN3S+. The smallest absolute Gasteiger partial charge is 0.177 e. The van der Waals surface area contributed by atoms with Gasteiger partial charge >= 0.3 is 0 Å². The predicted octanol–water partition coefficient (Wildman–Crippen LogP) is 2.89. The Balaban J connectivity index is 1.59. The van der Waals surface area contributed by atoms with Gasteiger partial charge < -0.3 is 15.1 Å². The van der Waals surface area contributed by atoms with Gasteiger partial charge in [-0.15, -0.1) is 0 Å². The van der Waals surface area contributed by atoms with E-state index in [4.69, 9.17) is 12.2 Å². The van der Waals surface area contributed by atoms with Crippen molar-refractivity contribution in [2.24, 2.45) is 0 Å². The van der Waals surface area contributed by atoms with Crippen molar-refractivity contribution in [2.45, 2.75) is 26.8 Å². The molecule has 1 aliphatic heterocycles. The normalized spacial score (nSPS) is 17.4. The van der Waals surface area contributed by atoms with Crippen LogP contribution in [0, 0.1) is 19.7 Å². The van der Waals surface area contributed by atoms with Gasteiger partial charge in [0, 0.05) is 24.2 Å². The fourth-order valence-corrected chi connectivity index (χ4v) is 3.45. The molecule has 132 valence electrons. The zero-order valence-corrected chi connectivity index (χ0v) is 15.6. The van der Waals surface area contributed by atoms with Crippen molar-refractivity contribution in [3.05, 3.63) is 65.0 Å². The van der Waals surface area contributed by atoms with Crippen LogP contribution >= 0.6 is 12.2 Å². The van der Waals surface area contributed by atoms with Gasteiger partial charge in [0.2, 0.25) is 0 Å². The van der Waals surface area contributed by atoms with E-state index in [1.54, 1.807) is 0 Å². The van der Waals surface area contributed by atoms with Crippen LogP contribution in [0.3, 0.4) is 0 Å². The number of rotatable bonds is 3. The molecule has 0 radical (unpaired) electrons. The van der Waals surface area contributed by atoms with Gasteiger partial charge in [-0.25, -0.2) is 4.39 Å². The van der Waals surface area contributed by atoms with Crippen LogP contribution in [0.4, 0.5) is 10.1 Å². The van der Waals surface area contributed by atoms with Crippen molar-refractivity contribution in [2.75, 3.05) is 25.1 Å². The zero-order chi connectivity index (χ0) is 17.8. The topological polar surface area (TPSA) is 19.7 Å². The summed E-state index contributed by atoms with van der Waals surface area (Å²) in [5.74, 6) is -0.183.